The topological polar surface area (TPSA) is 99.2 Å². The van der Waals surface area contributed by atoms with Gasteiger partial charge in [-0.2, -0.15) is 10.1 Å². The van der Waals surface area contributed by atoms with E-state index in [-0.39, 0.29) is 17.6 Å². The Morgan fingerprint density at radius 3 is 2.90 bits per heavy atom. The lowest BCUT2D eigenvalue weighted by Gasteiger charge is -2.35. The summed E-state index contributed by atoms with van der Waals surface area (Å²) in [5, 5.41) is 20.9. The highest BCUT2D eigenvalue weighted by atomic mass is 16.5. The zero-order valence-electron chi connectivity index (χ0n) is 17.3. The quantitative estimate of drug-likeness (QED) is 0.711. The molecule has 2 aliphatic heterocycles. The average molecular weight is 411 g/mol. The minimum atomic E-state index is -0.189. The number of aromatic nitrogens is 4. The number of anilines is 3. The van der Waals surface area contributed by atoms with Crippen molar-refractivity contribution in [2.45, 2.75) is 81.5 Å². The van der Waals surface area contributed by atoms with E-state index in [1.54, 1.807) is 6.20 Å². The molecule has 8 nitrogen and oxygen atoms in total. The lowest BCUT2D eigenvalue weighted by Crippen LogP contribution is -2.40. The number of aliphatic hydroxyl groups is 1. The van der Waals surface area contributed by atoms with Crippen LogP contribution in [0.5, 0.6) is 0 Å². The van der Waals surface area contributed by atoms with E-state index in [4.69, 9.17) is 9.72 Å². The van der Waals surface area contributed by atoms with Crippen LogP contribution in [0.3, 0.4) is 0 Å². The van der Waals surface area contributed by atoms with Gasteiger partial charge in [0.1, 0.15) is 11.9 Å². The molecule has 30 heavy (non-hydrogen) atoms. The molecule has 2 saturated carbocycles. The molecule has 0 radical (unpaired) electrons. The monoisotopic (exact) mass is 410 g/mol. The minimum Gasteiger partial charge on any atom is -0.393 e. The summed E-state index contributed by atoms with van der Waals surface area (Å²) < 4.78 is 5.93. The van der Waals surface area contributed by atoms with Crippen molar-refractivity contribution in [2.75, 3.05) is 23.4 Å². The number of rotatable bonds is 4. The maximum Gasteiger partial charge on any atom is 0.229 e. The van der Waals surface area contributed by atoms with Gasteiger partial charge in [0.15, 0.2) is 0 Å². The second kappa shape index (κ2) is 7.20. The van der Waals surface area contributed by atoms with Crippen LogP contribution in [0.1, 0.15) is 75.1 Å². The van der Waals surface area contributed by atoms with Crippen LogP contribution >= 0.6 is 0 Å². The fraction of sp³-hybridized carbons (Fsp3) is 0.682. The maximum atomic E-state index is 10.2. The zero-order valence-corrected chi connectivity index (χ0v) is 17.3. The smallest absolute Gasteiger partial charge is 0.229 e. The Morgan fingerprint density at radius 2 is 2.10 bits per heavy atom. The number of nitrogens with zero attached hydrogens (tertiary/aromatic N) is 4. The number of nitrogens with one attached hydrogen (secondary N) is 2. The van der Waals surface area contributed by atoms with Gasteiger partial charge < -0.3 is 20.1 Å². The van der Waals surface area contributed by atoms with Gasteiger partial charge in [0.25, 0.3) is 0 Å². The molecule has 2 aliphatic carbocycles. The van der Waals surface area contributed by atoms with Crippen LogP contribution in [0.25, 0.3) is 0 Å². The number of fused-ring (bicyclic) bond motifs is 2. The van der Waals surface area contributed by atoms with Crippen molar-refractivity contribution in [1.82, 2.24) is 20.2 Å². The van der Waals surface area contributed by atoms with Crippen LogP contribution in [-0.2, 0) is 10.2 Å². The molecule has 0 amide bonds. The largest absolute Gasteiger partial charge is 0.393 e. The van der Waals surface area contributed by atoms with Gasteiger partial charge in [-0.1, -0.05) is 0 Å². The van der Waals surface area contributed by atoms with Crippen LogP contribution < -0.4 is 10.2 Å². The Morgan fingerprint density at radius 1 is 1.17 bits per heavy atom. The Kier molecular flexibility index (Phi) is 4.46. The van der Waals surface area contributed by atoms with Gasteiger partial charge in [-0.05, 0) is 57.8 Å². The summed E-state index contributed by atoms with van der Waals surface area (Å²) in [7, 11) is 0. The number of hydrogen-bond donors (Lipinski definition) is 3. The molecule has 2 aromatic rings. The Bertz CT molecular complexity index is 920. The Hall–Kier alpha value is -2.19. The number of aliphatic hydroxyl groups excluding tert-OH is 1. The first-order valence-corrected chi connectivity index (χ1v) is 11.5. The zero-order chi connectivity index (χ0) is 20.1. The number of aromatic amines is 1. The number of H-pyrrole nitrogens is 1. The number of ether oxygens (including phenoxy) is 1. The SMILES string of the molecule is O[C@@H]1CCC[C@@H](N2CC3(CC3)c3cnc(Nc4cn[nH]c4C4CCCCO4)nc32)C1. The summed E-state index contributed by atoms with van der Waals surface area (Å²) in [4.78, 5) is 12.1. The standard InChI is InChI=1S/C22H30N6O2/c29-15-5-3-4-14(10-15)28-13-22(7-8-22)16-11-23-21(26-20(16)28)25-17-12-24-27-19(17)18-6-1-2-9-30-18/h11-12,14-15,18,29H,1-10,13H2,(H,24,27)(H,23,25,26)/t14-,15-,18?/m1/s1. The van der Waals surface area contributed by atoms with Crippen LogP contribution in [0.2, 0.25) is 0 Å². The summed E-state index contributed by atoms with van der Waals surface area (Å²) in [6.45, 7) is 1.81. The van der Waals surface area contributed by atoms with E-state index in [2.05, 4.69) is 25.4 Å². The molecule has 1 spiro atoms. The highest BCUT2D eigenvalue weighted by molar-refractivity contribution is 5.64. The third kappa shape index (κ3) is 3.17. The number of hydrogen-bond acceptors (Lipinski definition) is 7. The molecule has 0 aromatic carbocycles. The van der Waals surface area contributed by atoms with Crippen molar-refractivity contribution in [2.24, 2.45) is 0 Å². The summed E-state index contributed by atoms with van der Waals surface area (Å²) in [6, 6.07) is 0.371. The lowest BCUT2D eigenvalue weighted by molar-refractivity contribution is 0.0127. The average Bonchev–Trinajstić information content (AvgIpc) is 3.28. The van der Waals surface area contributed by atoms with Gasteiger partial charge in [-0.15, -0.1) is 0 Å². The van der Waals surface area contributed by atoms with Crippen LogP contribution in [0.4, 0.5) is 17.5 Å². The molecule has 8 heteroatoms. The molecule has 3 N–H and O–H groups in total. The molecular formula is C22H30N6O2. The first kappa shape index (κ1) is 18.6. The van der Waals surface area contributed by atoms with E-state index in [1.807, 2.05) is 6.20 Å². The molecule has 4 heterocycles. The highest BCUT2D eigenvalue weighted by Crippen LogP contribution is 2.56. The van der Waals surface area contributed by atoms with Crippen molar-refractivity contribution in [1.29, 1.82) is 0 Å². The minimum absolute atomic E-state index is 0.0492. The van der Waals surface area contributed by atoms with E-state index < -0.39 is 0 Å². The van der Waals surface area contributed by atoms with E-state index in [9.17, 15) is 5.11 Å². The van der Waals surface area contributed by atoms with Crippen molar-refractivity contribution < 1.29 is 9.84 Å². The second-order valence-corrected chi connectivity index (χ2v) is 9.49. The van der Waals surface area contributed by atoms with Gasteiger partial charge in [0.05, 0.1) is 23.7 Å². The molecule has 0 bridgehead atoms. The van der Waals surface area contributed by atoms with Crippen molar-refractivity contribution in [3.8, 4) is 0 Å². The first-order chi connectivity index (χ1) is 14.7. The summed E-state index contributed by atoms with van der Waals surface area (Å²) in [5.41, 5.74) is 3.40. The first-order valence-electron chi connectivity index (χ1n) is 11.5. The van der Waals surface area contributed by atoms with Gasteiger partial charge in [0, 0.05) is 36.4 Å². The molecule has 3 fully saturated rings. The van der Waals surface area contributed by atoms with E-state index >= 15 is 0 Å². The molecule has 3 atom stereocenters. The van der Waals surface area contributed by atoms with E-state index in [0.29, 0.717) is 12.0 Å². The maximum absolute atomic E-state index is 10.2. The van der Waals surface area contributed by atoms with Gasteiger partial charge in [-0.3, -0.25) is 5.10 Å². The van der Waals surface area contributed by atoms with Crippen molar-refractivity contribution in [3.63, 3.8) is 0 Å². The third-order valence-electron chi connectivity index (χ3n) is 7.42. The van der Waals surface area contributed by atoms with Crippen LogP contribution in [0, 0.1) is 0 Å². The molecule has 1 saturated heterocycles. The second-order valence-electron chi connectivity index (χ2n) is 9.49. The van der Waals surface area contributed by atoms with Gasteiger partial charge in [0.2, 0.25) is 5.95 Å². The predicted molar refractivity (Wildman–Crippen MR) is 113 cm³/mol. The van der Waals surface area contributed by atoms with E-state index in [0.717, 1.165) is 68.9 Å². The summed E-state index contributed by atoms with van der Waals surface area (Å²) in [6.07, 6.45) is 13.4. The van der Waals surface area contributed by atoms with E-state index in [1.165, 1.54) is 24.8 Å². The van der Waals surface area contributed by atoms with Crippen molar-refractivity contribution >= 4 is 17.5 Å². The predicted octanol–water partition coefficient (Wildman–Crippen LogP) is 3.34. The van der Waals surface area contributed by atoms with Gasteiger partial charge in [-0.25, -0.2) is 4.98 Å². The molecule has 2 aromatic heterocycles. The summed E-state index contributed by atoms with van der Waals surface area (Å²) in [5.74, 6) is 1.66. The van der Waals surface area contributed by atoms with Gasteiger partial charge >= 0.3 is 0 Å². The molecule has 6 rings (SSSR count). The molecule has 4 aliphatic rings. The van der Waals surface area contributed by atoms with Crippen LogP contribution in [0.15, 0.2) is 12.4 Å². The normalized spacial score (nSPS) is 29.8. The fourth-order valence-corrected chi connectivity index (χ4v) is 5.54. The van der Waals surface area contributed by atoms with Crippen molar-refractivity contribution in [3.05, 3.63) is 23.7 Å². The molecule has 160 valence electrons. The summed E-state index contributed by atoms with van der Waals surface area (Å²) >= 11 is 0. The highest BCUT2D eigenvalue weighted by Gasteiger charge is 2.54. The molecular weight excluding hydrogens is 380 g/mol. The molecule has 1 unspecified atom stereocenters. The lowest BCUT2D eigenvalue weighted by atomic mass is 9.92. The Labute approximate surface area is 176 Å². The Balaban J connectivity index is 1.28. The van der Waals surface area contributed by atoms with Crippen LogP contribution in [-0.4, -0.2) is 50.6 Å². The fourth-order valence-electron chi connectivity index (χ4n) is 5.54. The third-order valence-corrected chi connectivity index (χ3v) is 7.42.